The zero-order valence-corrected chi connectivity index (χ0v) is 31.3. The molecule has 0 spiro atoms. The summed E-state index contributed by atoms with van der Waals surface area (Å²) in [7, 11) is 0. The van der Waals surface area contributed by atoms with Crippen LogP contribution >= 0.6 is 0 Å². The molecule has 0 radical (unpaired) electrons. The van der Waals surface area contributed by atoms with Gasteiger partial charge in [-0.15, -0.1) is 0 Å². The largest absolute Gasteiger partial charge is 0.310 e. The molecule has 0 aliphatic carbocycles. The Bertz CT molecular complexity index is 3300. The fourth-order valence-electron chi connectivity index (χ4n) is 8.93. The third kappa shape index (κ3) is 5.72. The first-order valence-electron chi connectivity index (χ1n) is 19.7. The molecule has 1 heteroatoms. The third-order valence-corrected chi connectivity index (χ3v) is 11.6. The number of anilines is 3. The van der Waals surface area contributed by atoms with E-state index in [1.807, 2.05) is 0 Å². The average molecular weight is 724 g/mol. The minimum absolute atomic E-state index is 1.10. The Morgan fingerprint density at radius 1 is 0.211 bits per heavy atom. The van der Waals surface area contributed by atoms with Crippen LogP contribution < -0.4 is 4.90 Å². The molecule has 1 nitrogen and oxygen atoms in total. The van der Waals surface area contributed by atoms with Gasteiger partial charge in [0, 0.05) is 17.1 Å². The van der Waals surface area contributed by atoms with E-state index in [2.05, 4.69) is 229 Å². The van der Waals surface area contributed by atoms with Crippen LogP contribution in [0.25, 0.3) is 87.2 Å². The van der Waals surface area contributed by atoms with Gasteiger partial charge in [0.1, 0.15) is 0 Å². The summed E-state index contributed by atoms with van der Waals surface area (Å²) in [4.78, 5) is 2.41. The molecule has 0 aliphatic heterocycles. The normalized spacial score (nSPS) is 11.5. The van der Waals surface area contributed by atoms with Gasteiger partial charge in [-0.25, -0.2) is 0 Å². The van der Waals surface area contributed by atoms with Crippen molar-refractivity contribution in [2.75, 3.05) is 4.90 Å². The van der Waals surface area contributed by atoms with Gasteiger partial charge in [-0.2, -0.15) is 0 Å². The molecule has 0 amide bonds. The quantitative estimate of drug-likeness (QED) is 0.154. The van der Waals surface area contributed by atoms with E-state index in [0.29, 0.717) is 0 Å². The fraction of sp³-hybridized carbons (Fsp3) is 0. The van der Waals surface area contributed by atoms with E-state index in [0.717, 1.165) is 17.1 Å². The minimum atomic E-state index is 1.10. The Morgan fingerprint density at radius 2 is 0.632 bits per heavy atom. The van der Waals surface area contributed by atoms with Crippen LogP contribution in [0.3, 0.4) is 0 Å². The molecule has 0 atom stereocenters. The Hall–Kier alpha value is -7.48. The second-order valence-corrected chi connectivity index (χ2v) is 14.9. The Labute approximate surface area is 332 Å². The molecule has 0 N–H and O–H groups in total. The van der Waals surface area contributed by atoms with Crippen LogP contribution in [0.5, 0.6) is 0 Å². The van der Waals surface area contributed by atoms with Crippen LogP contribution in [-0.4, -0.2) is 0 Å². The molecule has 266 valence electrons. The van der Waals surface area contributed by atoms with E-state index in [9.17, 15) is 0 Å². The highest BCUT2D eigenvalue weighted by Crippen LogP contribution is 2.43. The van der Waals surface area contributed by atoms with E-state index < -0.39 is 0 Å². The maximum atomic E-state index is 2.41. The fourth-order valence-corrected chi connectivity index (χ4v) is 8.93. The summed E-state index contributed by atoms with van der Waals surface area (Å²) < 4.78 is 0. The van der Waals surface area contributed by atoms with Crippen molar-refractivity contribution in [2.24, 2.45) is 0 Å². The molecule has 0 unspecified atom stereocenters. The Balaban J connectivity index is 1.09. The highest BCUT2D eigenvalue weighted by atomic mass is 15.1. The molecular weight excluding hydrogens is 687 g/mol. The van der Waals surface area contributed by atoms with Crippen LogP contribution in [0, 0.1) is 0 Å². The number of rotatable bonds is 6. The summed E-state index contributed by atoms with van der Waals surface area (Å²) in [6.45, 7) is 0. The van der Waals surface area contributed by atoms with Crippen LogP contribution in [0.4, 0.5) is 17.1 Å². The Morgan fingerprint density at radius 3 is 1.21 bits per heavy atom. The molecule has 0 saturated carbocycles. The molecule has 0 saturated heterocycles. The van der Waals surface area contributed by atoms with Gasteiger partial charge in [-0.05, 0) is 136 Å². The lowest BCUT2D eigenvalue weighted by molar-refractivity contribution is 1.28. The summed E-state index contributed by atoms with van der Waals surface area (Å²) in [5, 5.41) is 12.6. The van der Waals surface area contributed by atoms with Gasteiger partial charge in [-0.1, -0.05) is 176 Å². The van der Waals surface area contributed by atoms with Crippen molar-refractivity contribution in [1.29, 1.82) is 0 Å². The summed E-state index contributed by atoms with van der Waals surface area (Å²) in [6, 6.07) is 82.1. The lowest BCUT2D eigenvalue weighted by Crippen LogP contribution is -2.10. The highest BCUT2D eigenvalue weighted by molar-refractivity contribution is 6.15. The Kier molecular flexibility index (Phi) is 7.89. The first-order chi connectivity index (χ1) is 28.3. The molecule has 11 aromatic carbocycles. The number of benzene rings is 11. The third-order valence-electron chi connectivity index (χ3n) is 11.6. The summed E-state index contributed by atoms with van der Waals surface area (Å²) in [5.74, 6) is 0. The topological polar surface area (TPSA) is 3.24 Å². The van der Waals surface area contributed by atoms with Crippen LogP contribution in [0.15, 0.2) is 224 Å². The first-order valence-corrected chi connectivity index (χ1v) is 19.7. The van der Waals surface area contributed by atoms with Gasteiger partial charge in [-0.3, -0.25) is 0 Å². The van der Waals surface area contributed by atoms with Crippen molar-refractivity contribution in [3.05, 3.63) is 224 Å². The van der Waals surface area contributed by atoms with Crippen molar-refractivity contribution < 1.29 is 0 Å². The predicted octanol–water partition coefficient (Wildman–Crippen LogP) is 15.9. The molecule has 0 aliphatic rings. The average Bonchev–Trinajstić information content (AvgIpc) is 3.29. The van der Waals surface area contributed by atoms with Gasteiger partial charge < -0.3 is 4.90 Å². The lowest BCUT2D eigenvalue weighted by Gasteiger charge is -2.27. The van der Waals surface area contributed by atoms with Crippen molar-refractivity contribution >= 4 is 70.9 Å². The molecule has 0 heterocycles. The second-order valence-electron chi connectivity index (χ2n) is 14.9. The van der Waals surface area contributed by atoms with E-state index in [1.54, 1.807) is 0 Å². The maximum Gasteiger partial charge on any atom is 0.0467 e. The number of hydrogen-bond acceptors (Lipinski definition) is 1. The van der Waals surface area contributed by atoms with Gasteiger partial charge in [0.05, 0.1) is 0 Å². The zero-order chi connectivity index (χ0) is 37.7. The van der Waals surface area contributed by atoms with Crippen LogP contribution in [-0.2, 0) is 0 Å². The van der Waals surface area contributed by atoms with E-state index in [-0.39, 0.29) is 0 Å². The van der Waals surface area contributed by atoms with Crippen molar-refractivity contribution in [1.82, 2.24) is 0 Å². The monoisotopic (exact) mass is 723 g/mol. The van der Waals surface area contributed by atoms with Crippen LogP contribution in [0.2, 0.25) is 0 Å². The first kappa shape index (κ1) is 32.9. The van der Waals surface area contributed by atoms with Crippen molar-refractivity contribution in [2.45, 2.75) is 0 Å². The smallest absolute Gasteiger partial charge is 0.0467 e. The second kappa shape index (κ2) is 13.7. The zero-order valence-electron chi connectivity index (χ0n) is 31.3. The van der Waals surface area contributed by atoms with E-state index in [4.69, 9.17) is 0 Å². The van der Waals surface area contributed by atoms with Gasteiger partial charge in [0.25, 0.3) is 0 Å². The molecule has 11 rings (SSSR count). The van der Waals surface area contributed by atoms with Gasteiger partial charge in [0.2, 0.25) is 0 Å². The molecule has 11 aromatic rings. The number of fused-ring (bicyclic) bond motifs is 7. The lowest BCUT2D eigenvalue weighted by atomic mass is 9.92. The SMILES string of the molecule is c1cc(-c2cccc3ccccc23)cc(N(c2ccc(-c3cc4ccccc4c4ccccc34)cc2)c2cccc(-c3cc4ccccc4c4ccccc34)c2)c1. The van der Waals surface area contributed by atoms with Crippen molar-refractivity contribution in [3.8, 4) is 33.4 Å². The molecule has 0 aromatic heterocycles. The van der Waals surface area contributed by atoms with Gasteiger partial charge >= 0.3 is 0 Å². The molecule has 0 fully saturated rings. The highest BCUT2D eigenvalue weighted by Gasteiger charge is 2.17. The predicted molar refractivity (Wildman–Crippen MR) is 245 cm³/mol. The summed E-state index contributed by atoms with van der Waals surface area (Å²) in [5.41, 5.74) is 10.6. The molecule has 57 heavy (non-hydrogen) atoms. The number of nitrogens with zero attached hydrogens (tertiary/aromatic N) is 1. The number of hydrogen-bond donors (Lipinski definition) is 0. The standard InChI is InChI=1S/C56H37N/c1-4-22-47-38(14-1)17-13-29-48(47)40-18-11-20-45(34-40)57(44-32-30-39(31-33-44)55-36-42-15-2-5-23-49(42)51-25-7-9-27-53(51)55)46-21-12-19-41(35-46)56-37-43-16-3-6-24-50(43)52-26-8-10-28-54(52)56/h1-37H. The summed E-state index contributed by atoms with van der Waals surface area (Å²) in [6.07, 6.45) is 0. The summed E-state index contributed by atoms with van der Waals surface area (Å²) >= 11 is 0. The van der Waals surface area contributed by atoms with E-state index >= 15 is 0 Å². The molecule has 0 bridgehead atoms. The van der Waals surface area contributed by atoms with Crippen LogP contribution in [0.1, 0.15) is 0 Å². The van der Waals surface area contributed by atoms with E-state index in [1.165, 1.54) is 87.2 Å². The maximum absolute atomic E-state index is 2.41. The molecular formula is C56H37N. The van der Waals surface area contributed by atoms with Crippen molar-refractivity contribution in [3.63, 3.8) is 0 Å². The minimum Gasteiger partial charge on any atom is -0.310 e. The van der Waals surface area contributed by atoms with Gasteiger partial charge in [0.15, 0.2) is 0 Å².